The largest absolute Gasteiger partial charge is 0.495 e. The van der Waals surface area contributed by atoms with E-state index in [0.717, 1.165) is 45.0 Å². The van der Waals surface area contributed by atoms with Gasteiger partial charge >= 0.3 is 0 Å². The van der Waals surface area contributed by atoms with Crippen molar-refractivity contribution in [2.75, 3.05) is 57.9 Å². The Kier molecular flexibility index (Phi) is 6.29. The third-order valence-electron chi connectivity index (χ3n) is 3.99. The van der Waals surface area contributed by atoms with Crippen LogP contribution in [0.3, 0.4) is 0 Å². The minimum atomic E-state index is 0.174. The standard InChI is InChI=1S/C16H27N3O2/c1-3-17-14(13-20)12-18-8-10-19(11-9-18)15-6-4-5-7-16(15)21-2/h4-7,14,17,20H,3,8-13H2,1-2H3. The summed E-state index contributed by atoms with van der Waals surface area (Å²) in [5.74, 6) is 0.937. The highest BCUT2D eigenvalue weighted by molar-refractivity contribution is 5.58. The average molecular weight is 293 g/mol. The fraction of sp³-hybridized carbons (Fsp3) is 0.625. The zero-order chi connectivity index (χ0) is 15.1. The molecule has 0 radical (unpaired) electrons. The molecule has 1 aliphatic rings. The highest BCUT2D eigenvalue weighted by Gasteiger charge is 2.21. The first-order chi connectivity index (χ1) is 10.3. The number of aliphatic hydroxyl groups excluding tert-OH is 1. The third kappa shape index (κ3) is 4.33. The highest BCUT2D eigenvalue weighted by Crippen LogP contribution is 2.28. The quantitative estimate of drug-likeness (QED) is 0.778. The van der Waals surface area contributed by atoms with Gasteiger partial charge in [0.05, 0.1) is 19.4 Å². The van der Waals surface area contributed by atoms with E-state index >= 15 is 0 Å². The molecule has 0 aromatic heterocycles. The van der Waals surface area contributed by atoms with E-state index in [1.807, 2.05) is 12.1 Å². The van der Waals surface area contributed by atoms with Crippen LogP contribution in [0.1, 0.15) is 6.92 Å². The predicted octanol–water partition coefficient (Wildman–Crippen LogP) is 0.788. The minimum absolute atomic E-state index is 0.174. The van der Waals surface area contributed by atoms with Crippen LogP contribution in [0.25, 0.3) is 0 Å². The van der Waals surface area contributed by atoms with Gasteiger partial charge in [-0.25, -0.2) is 0 Å². The molecule has 0 amide bonds. The summed E-state index contributed by atoms with van der Waals surface area (Å²) in [6.07, 6.45) is 0. The Bertz CT molecular complexity index is 420. The molecule has 1 unspecified atom stereocenters. The van der Waals surface area contributed by atoms with Crippen LogP contribution in [0, 0.1) is 0 Å². The van der Waals surface area contributed by atoms with Crippen LogP contribution >= 0.6 is 0 Å². The smallest absolute Gasteiger partial charge is 0.142 e. The van der Waals surface area contributed by atoms with E-state index in [1.54, 1.807) is 7.11 Å². The number of para-hydroxylation sites is 2. The van der Waals surface area contributed by atoms with Gasteiger partial charge in [-0.3, -0.25) is 4.90 Å². The van der Waals surface area contributed by atoms with Gasteiger partial charge in [0.2, 0.25) is 0 Å². The summed E-state index contributed by atoms with van der Waals surface area (Å²) in [7, 11) is 1.72. The molecule has 1 saturated heterocycles. The maximum absolute atomic E-state index is 9.37. The van der Waals surface area contributed by atoms with Gasteiger partial charge < -0.3 is 20.1 Å². The summed E-state index contributed by atoms with van der Waals surface area (Å²) in [5, 5.41) is 12.7. The van der Waals surface area contributed by atoms with Gasteiger partial charge in [-0.15, -0.1) is 0 Å². The molecule has 2 rings (SSSR count). The second-order valence-electron chi connectivity index (χ2n) is 5.40. The molecule has 1 fully saturated rings. The number of methoxy groups -OCH3 is 1. The Morgan fingerprint density at radius 3 is 2.57 bits per heavy atom. The van der Waals surface area contributed by atoms with E-state index < -0.39 is 0 Å². The van der Waals surface area contributed by atoms with Gasteiger partial charge in [-0.05, 0) is 18.7 Å². The summed E-state index contributed by atoms with van der Waals surface area (Å²) < 4.78 is 5.44. The van der Waals surface area contributed by atoms with Crippen molar-refractivity contribution in [3.63, 3.8) is 0 Å². The maximum atomic E-state index is 9.37. The van der Waals surface area contributed by atoms with Gasteiger partial charge in [0.25, 0.3) is 0 Å². The van der Waals surface area contributed by atoms with E-state index in [1.165, 1.54) is 5.69 Å². The van der Waals surface area contributed by atoms with Crippen molar-refractivity contribution in [2.24, 2.45) is 0 Å². The number of nitrogens with one attached hydrogen (secondary N) is 1. The van der Waals surface area contributed by atoms with Crippen LogP contribution < -0.4 is 15.0 Å². The third-order valence-corrected chi connectivity index (χ3v) is 3.99. The van der Waals surface area contributed by atoms with Crippen LogP contribution in [0.2, 0.25) is 0 Å². The van der Waals surface area contributed by atoms with Crippen molar-refractivity contribution in [2.45, 2.75) is 13.0 Å². The fourth-order valence-corrected chi connectivity index (χ4v) is 2.85. The predicted molar refractivity (Wildman–Crippen MR) is 86.2 cm³/mol. The van der Waals surface area contributed by atoms with Crippen molar-refractivity contribution in [3.8, 4) is 5.75 Å². The molecule has 21 heavy (non-hydrogen) atoms. The summed E-state index contributed by atoms with van der Waals surface area (Å²) in [6, 6.07) is 8.35. The first-order valence-corrected chi connectivity index (χ1v) is 7.73. The number of benzene rings is 1. The van der Waals surface area contributed by atoms with Gasteiger partial charge in [-0.1, -0.05) is 19.1 Å². The van der Waals surface area contributed by atoms with Crippen molar-refractivity contribution in [3.05, 3.63) is 24.3 Å². The lowest BCUT2D eigenvalue weighted by Gasteiger charge is -2.37. The minimum Gasteiger partial charge on any atom is -0.495 e. The van der Waals surface area contributed by atoms with E-state index in [0.29, 0.717) is 0 Å². The normalized spacial score (nSPS) is 17.8. The van der Waals surface area contributed by atoms with Crippen LogP contribution in [-0.4, -0.2) is 69.0 Å². The Morgan fingerprint density at radius 1 is 1.24 bits per heavy atom. The topological polar surface area (TPSA) is 48.0 Å². The Labute approximate surface area is 127 Å². The first kappa shape index (κ1) is 16.1. The maximum Gasteiger partial charge on any atom is 0.142 e. The summed E-state index contributed by atoms with van der Waals surface area (Å²) in [6.45, 7) is 8.08. The highest BCUT2D eigenvalue weighted by atomic mass is 16.5. The molecule has 5 heteroatoms. The Hall–Kier alpha value is -1.30. The number of rotatable bonds is 7. The fourth-order valence-electron chi connectivity index (χ4n) is 2.85. The second kappa shape index (κ2) is 8.22. The van der Waals surface area contributed by atoms with Gasteiger partial charge in [0, 0.05) is 38.8 Å². The zero-order valence-corrected chi connectivity index (χ0v) is 13.1. The molecule has 1 heterocycles. The number of hydrogen-bond acceptors (Lipinski definition) is 5. The molecule has 1 aliphatic heterocycles. The number of ether oxygens (including phenoxy) is 1. The SMILES string of the molecule is CCNC(CO)CN1CCN(c2ccccc2OC)CC1. The van der Waals surface area contributed by atoms with Crippen molar-refractivity contribution in [1.29, 1.82) is 0 Å². The summed E-state index contributed by atoms with van der Waals surface area (Å²) in [4.78, 5) is 4.78. The number of hydrogen-bond donors (Lipinski definition) is 2. The molecule has 0 bridgehead atoms. The van der Waals surface area contributed by atoms with Crippen LogP contribution in [0.4, 0.5) is 5.69 Å². The second-order valence-corrected chi connectivity index (χ2v) is 5.40. The molecule has 1 aromatic carbocycles. The molecular weight excluding hydrogens is 266 g/mol. The lowest BCUT2D eigenvalue weighted by molar-refractivity contribution is 0.176. The van der Waals surface area contributed by atoms with Crippen LogP contribution in [-0.2, 0) is 0 Å². The Balaban J connectivity index is 1.88. The molecule has 2 N–H and O–H groups in total. The average Bonchev–Trinajstić information content (AvgIpc) is 2.55. The molecule has 0 saturated carbocycles. The number of piperazine rings is 1. The number of aliphatic hydroxyl groups is 1. The summed E-state index contributed by atoms with van der Waals surface area (Å²) >= 11 is 0. The van der Waals surface area contributed by atoms with E-state index in [-0.39, 0.29) is 12.6 Å². The van der Waals surface area contributed by atoms with Gasteiger partial charge in [0.15, 0.2) is 0 Å². The lowest BCUT2D eigenvalue weighted by Crippen LogP contribution is -2.51. The molecule has 1 aromatic rings. The number of anilines is 1. The number of nitrogens with zero attached hydrogens (tertiary/aromatic N) is 2. The molecule has 5 nitrogen and oxygen atoms in total. The van der Waals surface area contributed by atoms with Crippen molar-refractivity contribution in [1.82, 2.24) is 10.2 Å². The van der Waals surface area contributed by atoms with Crippen molar-refractivity contribution < 1.29 is 9.84 Å². The van der Waals surface area contributed by atoms with E-state index in [9.17, 15) is 5.11 Å². The number of likely N-dealkylation sites (N-methyl/N-ethyl adjacent to an activating group) is 1. The van der Waals surface area contributed by atoms with Crippen LogP contribution in [0.15, 0.2) is 24.3 Å². The van der Waals surface area contributed by atoms with Gasteiger partial charge in [-0.2, -0.15) is 0 Å². The molecule has 0 spiro atoms. The zero-order valence-electron chi connectivity index (χ0n) is 13.1. The van der Waals surface area contributed by atoms with Crippen LogP contribution in [0.5, 0.6) is 5.75 Å². The summed E-state index contributed by atoms with van der Waals surface area (Å²) in [5.41, 5.74) is 1.17. The van der Waals surface area contributed by atoms with E-state index in [4.69, 9.17) is 4.74 Å². The monoisotopic (exact) mass is 293 g/mol. The lowest BCUT2D eigenvalue weighted by atomic mass is 10.2. The molecule has 118 valence electrons. The Morgan fingerprint density at radius 2 is 1.95 bits per heavy atom. The van der Waals surface area contributed by atoms with E-state index in [2.05, 4.69) is 34.2 Å². The molecular formula is C16H27N3O2. The molecule has 0 aliphatic carbocycles. The first-order valence-electron chi connectivity index (χ1n) is 7.73. The van der Waals surface area contributed by atoms with Gasteiger partial charge in [0.1, 0.15) is 5.75 Å². The molecule has 1 atom stereocenters. The van der Waals surface area contributed by atoms with Crippen molar-refractivity contribution >= 4 is 5.69 Å².